The molecule has 104 valence electrons. The van der Waals surface area contributed by atoms with E-state index in [0.717, 1.165) is 11.3 Å². The second kappa shape index (κ2) is 6.60. The van der Waals surface area contributed by atoms with Gasteiger partial charge in [0.15, 0.2) is 0 Å². The molecule has 1 aromatic heterocycles. The molecule has 1 aromatic rings. The van der Waals surface area contributed by atoms with Crippen molar-refractivity contribution in [2.75, 3.05) is 18.4 Å². The maximum absolute atomic E-state index is 11.9. The van der Waals surface area contributed by atoms with Crippen LogP contribution in [-0.2, 0) is 4.79 Å². The minimum Gasteiger partial charge on any atom is -0.324 e. The summed E-state index contributed by atoms with van der Waals surface area (Å²) in [5.74, 6) is 0.528. The summed E-state index contributed by atoms with van der Waals surface area (Å²) >= 11 is 1.45. The van der Waals surface area contributed by atoms with Gasteiger partial charge in [-0.15, -0.1) is 10.2 Å². The molecule has 0 saturated heterocycles. The van der Waals surface area contributed by atoms with Crippen LogP contribution in [0, 0.1) is 0 Å². The zero-order chi connectivity index (χ0) is 13.7. The van der Waals surface area contributed by atoms with Crippen LogP contribution < -0.4 is 5.32 Å². The minimum absolute atomic E-state index is 0.222. The van der Waals surface area contributed by atoms with Crippen LogP contribution in [-0.4, -0.2) is 40.5 Å². The van der Waals surface area contributed by atoms with Crippen LogP contribution in [0.5, 0.6) is 0 Å². The van der Waals surface area contributed by atoms with Crippen molar-refractivity contribution in [2.45, 2.75) is 38.5 Å². The molecule has 1 saturated carbocycles. The van der Waals surface area contributed by atoms with Crippen molar-refractivity contribution in [3.05, 3.63) is 5.01 Å². The molecule has 6 nitrogen and oxygen atoms in total. The number of anilines is 1. The maximum Gasteiger partial charge on any atom is 0.323 e. The third-order valence-corrected chi connectivity index (χ3v) is 4.30. The molecule has 0 aromatic carbocycles. The quantitative estimate of drug-likeness (QED) is 0.812. The standard InChI is InChI=1S/C12H18N4O2S/c1-2-16(7-4-8-17)12(18)13-11-15-14-10(19-11)9-5-3-6-9/h8-9H,2-7H2,1H3,(H,13,15,18). The number of hydrogen-bond acceptors (Lipinski definition) is 5. The number of carbonyl (C=O) groups is 2. The van der Waals surface area contributed by atoms with Crippen LogP contribution in [0.4, 0.5) is 9.93 Å². The number of urea groups is 1. The van der Waals surface area contributed by atoms with Gasteiger partial charge < -0.3 is 9.69 Å². The average Bonchev–Trinajstić information content (AvgIpc) is 2.76. The molecule has 0 aliphatic heterocycles. The van der Waals surface area contributed by atoms with Gasteiger partial charge in [-0.25, -0.2) is 4.79 Å². The Morgan fingerprint density at radius 3 is 2.89 bits per heavy atom. The molecule has 2 rings (SSSR count). The van der Waals surface area contributed by atoms with Crippen LogP contribution in [0.1, 0.15) is 43.5 Å². The Labute approximate surface area is 116 Å². The second-order valence-corrected chi connectivity index (χ2v) is 5.55. The lowest BCUT2D eigenvalue weighted by atomic mass is 9.86. The van der Waals surface area contributed by atoms with E-state index in [-0.39, 0.29) is 6.03 Å². The number of hydrogen-bond donors (Lipinski definition) is 1. The van der Waals surface area contributed by atoms with Crippen molar-refractivity contribution < 1.29 is 9.59 Å². The van der Waals surface area contributed by atoms with Gasteiger partial charge in [-0.2, -0.15) is 0 Å². The molecule has 0 unspecified atom stereocenters. The number of aldehydes is 1. The van der Waals surface area contributed by atoms with Gasteiger partial charge >= 0.3 is 6.03 Å². The maximum atomic E-state index is 11.9. The first-order valence-corrected chi connectivity index (χ1v) is 7.39. The molecule has 1 fully saturated rings. The van der Waals surface area contributed by atoms with Gasteiger partial charge in [0.25, 0.3) is 0 Å². The number of nitrogens with zero attached hydrogens (tertiary/aromatic N) is 3. The Kier molecular flexibility index (Phi) is 4.84. The first-order valence-electron chi connectivity index (χ1n) is 6.57. The van der Waals surface area contributed by atoms with Crippen molar-refractivity contribution in [3.63, 3.8) is 0 Å². The lowest BCUT2D eigenvalue weighted by Crippen LogP contribution is -2.35. The highest BCUT2D eigenvalue weighted by Crippen LogP contribution is 2.38. The summed E-state index contributed by atoms with van der Waals surface area (Å²) in [7, 11) is 0. The van der Waals surface area contributed by atoms with Crippen molar-refractivity contribution in [3.8, 4) is 0 Å². The van der Waals surface area contributed by atoms with Crippen molar-refractivity contribution in [1.82, 2.24) is 15.1 Å². The van der Waals surface area contributed by atoms with E-state index in [2.05, 4.69) is 15.5 Å². The summed E-state index contributed by atoms with van der Waals surface area (Å²) in [5, 5.41) is 12.4. The van der Waals surface area contributed by atoms with E-state index in [1.54, 1.807) is 4.90 Å². The van der Waals surface area contributed by atoms with Gasteiger partial charge in [0.05, 0.1) is 0 Å². The van der Waals surface area contributed by atoms with E-state index < -0.39 is 0 Å². The molecule has 2 amide bonds. The number of rotatable bonds is 6. The Balaban J connectivity index is 1.89. The molecule has 0 radical (unpaired) electrons. The molecule has 1 aliphatic carbocycles. The molecule has 1 heterocycles. The molecular formula is C12H18N4O2S. The second-order valence-electron chi connectivity index (χ2n) is 4.54. The van der Waals surface area contributed by atoms with Crippen molar-refractivity contribution in [2.24, 2.45) is 0 Å². The highest BCUT2D eigenvalue weighted by Gasteiger charge is 2.24. The fraction of sp³-hybridized carbons (Fsp3) is 0.667. The van der Waals surface area contributed by atoms with Gasteiger partial charge in [-0.05, 0) is 19.8 Å². The highest BCUT2D eigenvalue weighted by atomic mass is 32.1. The van der Waals surface area contributed by atoms with Crippen molar-refractivity contribution in [1.29, 1.82) is 0 Å². The van der Waals surface area contributed by atoms with Crippen LogP contribution in [0.15, 0.2) is 0 Å². The van der Waals surface area contributed by atoms with Gasteiger partial charge in [0.2, 0.25) is 5.13 Å². The van der Waals surface area contributed by atoms with Crippen molar-refractivity contribution >= 4 is 28.8 Å². The smallest absolute Gasteiger partial charge is 0.323 e. The summed E-state index contributed by atoms with van der Waals surface area (Å²) in [4.78, 5) is 23.9. The van der Waals surface area contributed by atoms with E-state index in [0.29, 0.717) is 30.6 Å². The van der Waals surface area contributed by atoms with Crippen LogP contribution >= 0.6 is 11.3 Å². The molecular weight excluding hydrogens is 264 g/mol. The lowest BCUT2D eigenvalue weighted by Gasteiger charge is -2.21. The number of amides is 2. The first kappa shape index (κ1) is 13.9. The third kappa shape index (κ3) is 3.50. The summed E-state index contributed by atoms with van der Waals surface area (Å²) in [6.07, 6.45) is 4.76. The monoisotopic (exact) mass is 282 g/mol. The molecule has 1 aliphatic rings. The first-order chi connectivity index (χ1) is 9.24. The molecule has 0 spiro atoms. The van der Waals surface area contributed by atoms with Gasteiger partial charge in [0.1, 0.15) is 11.3 Å². The topological polar surface area (TPSA) is 75.2 Å². The predicted molar refractivity (Wildman–Crippen MR) is 73.4 cm³/mol. The number of nitrogens with one attached hydrogen (secondary N) is 1. The largest absolute Gasteiger partial charge is 0.324 e. The number of aromatic nitrogens is 2. The summed E-state index contributed by atoms with van der Waals surface area (Å²) < 4.78 is 0. The number of carbonyl (C=O) groups excluding carboxylic acids is 2. The highest BCUT2D eigenvalue weighted by molar-refractivity contribution is 7.15. The Morgan fingerprint density at radius 1 is 1.53 bits per heavy atom. The molecule has 0 atom stereocenters. The van der Waals surface area contributed by atoms with Crippen LogP contribution in [0.2, 0.25) is 0 Å². The molecule has 19 heavy (non-hydrogen) atoms. The predicted octanol–water partition coefficient (Wildman–Crippen LogP) is 2.25. The zero-order valence-electron chi connectivity index (χ0n) is 11.0. The SMILES string of the molecule is CCN(CCC=O)C(=O)Nc1nnc(C2CCC2)s1. The van der Waals surface area contributed by atoms with E-state index in [1.807, 2.05) is 6.92 Å². The van der Waals surface area contributed by atoms with Gasteiger partial charge in [-0.1, -0.05) is 17.8 Å². The normalized spacial score (nSPS) is 14.8. The Bertz CT molecular complexity index is 445. The van der Waals surface area contributed by atoms with Gasteiger partial charge in [0, 0.05) is 25.4 Å². The summed E-state index contributed by atoms with van der Waals surface area (Å²) in [6.45, 7) is 2.87. The van der Waals surface area contributed by atoms with E-state index in [9.17, 15) is 9.59 Å². The van der Waals surface area contributed by atoms with E-state index in [4.69, 9.17) is 0 Å². The lowest BCUT2D eigenvalue weighted by molar-refractivity contribution is -0.108. The summed E-state index contributed by atoms with van der Waals surface area (Å²) in [5.41, 5.74) is 0. The van der Waals surface area contributed by atoms with Crippen LogP contribution in [0.25, 0.3) is 0 Å². The average molecular weight is 282 g/mol. The third-order valence-electron chi connectivity index (χ3n) is 3.29. The fourth-order valence-corrected chi connectivity index (χ4v) is 2.79. The van der Waals surface area contributed by atoms with E-state index in [1.165, 1.54) is 30.6 Å². The minimum atomic E-state index is -0.222. The van der Waals surface area contributed by atoms with E-state index >= 15 is 0 Å². The van der Waals surface area contributed by atoms with Gasteiger partial charge in [-0.3, -0.25) is 5.32 Å². The zero-order valence-corrected chi connectivity index (χ0v) is 11.8. The summed E-state index contributed by atoms with van der Waals surface area (Å²) in [6, 6.07) is -0.222. The molecule has 0 bridgehead atoms. The fourth-order valence-electron chi connectivity index (χ4n) is 1.89. The molecule has 1 N–H and O–H groups in total. The Hall–Kier alpha value is -1.50. The Morgan fingerprint density at radius 2 is 2.32 bits per heavy atom. The molecule has 7 heteroatoms. The van der Waals surface area contributed by atoms with Crippen LogP contribution in [0.3, 0.4) is 0 Å².